The fourth-order valence-electron chi connectivity index (χ4n) is 2.47. The molecule has 0 fully saturated rings. The molecule has 0 spiro atoms. The molecule has 6 heteroatoms. The monoisotopic (exact) mass is 330 g/mol. The molecule has 23 heavy (non-hydrogen) atoms. The van der Waals surface area contributed by atoms with Gasteiger partial charge in [-0.25, -0.2) is 0 Å². The lowest BCUT2D eigenvalue weighted by Crippen LogP contribution is -2.39. The van der Waals surface area contributed by atoms with E-state index in [4.69, 9.17) is 4.74 Å². The summed E-state index contributed by atoms with van der Waals surface area (Å²) in [6.07, 6.45) is 0. The Bertz CT molecular complexity index is 753. The van der Waals surface area contributed by atoms with E-state index in [1.54, 1.807) is 36.2 Å². The summed E-state index contributed by atoms with van der Waals surface area (Å²) in [4.78, 5) is 26.8. The summed E-state index contributed by atoms with van der Waals surface area (Å²) >= 11 is 1.39. The number of anilines is 2. The van der Waals surface area contributed by atoms with Gasteiger partial charge in [0.2, 0.25) is 5.91 Å². The van der Waals surface area contributed by atoms with Crippen LogP contribution in [0.4, 0.5) is 11.4 Å². The van der Waals surface area contributed by atoms with Gasteiger partial charge in [0, 0.05) is 18.8 Å². The quantitative estimate of drug-likeness (QED) is 0.918. The molecule has 0 atom stereocenters. The molecule has 5 nitrogen and oxygen atoms in total. The highest BCUT2D eigenvalue weighted by Crippen LogP contribution is 2.37. The van der Waals surface area contributed by atoms with Gasteiger partial charge in [-0.3, -0.25) is 9.59 Å². The zero-order valence-electron chi connectivity index (χ0n) is 13.3. The maximum atomic E-state index is 12.4. The van der Waals surface area contributed by atoms with Crippen LogP contribution in [-0.2, 0) is 4.79 Å². The molecule has 0 radical (unpaired) electrons. The third-order valence-corrected chi connectivity index (χ3v) is 4.66. The molecule has 0 saturated heterocycles. The maximum Gasteiger partial charge on any atom is 0.265 e. The molecular weight excluding hydrogens is 312 g/mol. The number of carbonyl (C=O) groups excluding carboxylic acids is 2. The first kappa shape index (κ1) is 15.6. The number of carbonyl (C=O) groups is 2. The van der Waals surface area contributed by atoms with Crippen molar-refractivity contribution in [1.29, 1.82) is 0 Å². The standard InChI is InChI=1S/C17H18N2O3S/c1-17(2)10-22-13-9-11(6-7-12(13)19(3)16(17)21)18-15(20)14-5-4-8-23-14/h4-9H,10H2,1-3H3,(H,18,20). The molecule has 1 aliphatic heterocycles. The first-order valence-corrected chi connectivity index (χ1v) is 8.16. The number of amides is 2. The average Bonchev–Trinajstić information content (AvgIpc) is 3.03. The van der Waals surface area contributed by atoms with Crippen LogP contribution in [0.15, 0.2) is 35.7 Å². The smallest absolute Gasteiger partial charge is 0.265 e. The van der Waals surface area contributed by atoms with Crippen molar-refractivity contribution in [3.05, 3.63) is 40.6 Å². The molecule has 0 saturated carbocycles. The Morgan fingerprint density at radius 1 is 1.35 bits per heavy atom. The van der Waals surface area contributed by atoms with E-state index in [1.165, 1.54) is 11.3 Å². The van der Waals surface area contributed by atoms with Crippen molar-refractivity contribution in [2.75, 3.05) is 23.9 Å². The fourth-order valence-corrected chi connectivity index (χ4v) is 3.09. The SMILES string of the molecule is CN1C(=O)C(C)(C)COc2cc(NC(=O)c3cccs3)ccc21. The highest BCUT2D eigenvalue weighted by Gasteiger charge is 2.36. The van der Waals surface area contributed by atoms with Crippen LogP contribution in [0.5, 0.6) is 5.75 Å². The minimum atomic E-state index is -0.589. The van der Waals surface area contributed by atoms with E-state index >= 15 is 0 Å². The van der Waals surface area contributed by atoms with E-state index in [9.17, 15) is 9.59 Å². The van der Waals surface area contributed by atoms with Gasteiger partial charge in [-0.05, 0) is 37.4 Å². The van der Waals surface area contributed by atoms with E-state index in [0.717, 1.165) is 0 Å². The summed E-state index contributed by atoms with van der Waals surface area (Å²) in [7, 11) is 1.74. The van der Waals surface area contributed by atoms with Gasteiger partial charge in [0.05, 0.1) is 16.0 Å². The number of hydrogen-bond donors (Lipinski definition) is 1. The second-order valence-corrected chi connectivity index (χ2v) is 7.10. The molecular formula is C17H18N2O3S. The molecule has 0 aliphatic carbocycles. The van der Waals surface area contributed by atoms with E-state index < -0.39 is 5.41 Å². The first-order valence-electron chi connectivity index (χ1n) is 7.28. The number of nitrogens with zero attached hydrogens (tertiary/aromatic N) is 1. The second kappa shape index (κ2) is 5.70. The van der Waals surface area contributed by atoms with Crippen LogP contribution in [0.2, 0.25) is 0 Å². The number of ether oxygens (including phenoxy) is 1. The number of fused-ring (bicyclic) bond motifs is 1. The van der Waals surface area contributed by atoms with Crippen LogP contribution in [0, 0.1) is 5.41 Å². The van der Waals surface area contributed by atoms with E-state index in [0.29, 0.717) is 28.6 Å². The van der Waals surface area contributed by atoms with Gasteiger partial charge in [0.25, 0.3) is 5.91 Å². The third-order valence-electron chi connectivity index (χ3n) is 3.80. The molecule has 1 N–H and O–H groups in total. The van der Waals surface area contributed by atoms with E-state index in [-0.39, 0.29) is 11.8 Å². The summed E-state index contributed by atoms with van der Waals surface area (Å²) in [6, 6.07) is 8.93. The minimum absolute atomic E-state index is 0.00613. The minimum Gasteiger partial charge on any atom is -0.490 e. The summed E-state index contributed by atoms with van der Waals surface area (Å²) in [5.41, 5.74) is 0.756. The van der Waals surface area contributed by atoms with Crippen LogP contribution in [0.1, 0.15) is 23.5 Å². The topological polar surface area (TPSA) is 58.6 Å². The molecule has 120 valence electrons. The molecule has 2 amide bonds. The molecule has 0 bridgehead atoms. The van der Waals surface area contributed by atoms with Crippen LogP contribution >= 0.6 is 11.3 Å². The van der Waals surface area contributed by atoms with E-state index in [1.807, 2.05) is 25.3 Å². The van der Waals surface area contributed by atoms with Gasteiger partial charge in [-0.2, -0.15) is 0 Å². The molecule has 2 heterocycles. The van der Waals surface area contributed by atoms with Crippen molar-refractivity contribution in [3.63, 3.8) is 0 Å². The lowest BCUT2D eigenvalue weighted by molar-refractivity contribution is -0.127. The van der Waals surface area contributed by atoms with Gasteiger partial charge in [-0.15, -0.1) is 11.3 Å². The fraction of sp³-hybridized carbons (Fsp3) is 0.294. The van der Waals surface area contributed by atoms with Crippen molar-refractivity contribution in [1.82, 2.24) is 0 Å². The average molecular weight is 330 g/mol. The Morgan fingerprint density at radius 2 is 2.13 bits per heavy atom. The Balaban J connectivity index is 1.87. The molecule has 0 unspecified atom stereocenters. The van der Waals surface area contributed by atoms with Crippen LogP contribution in [0.3, 0.4) is 0 Å². The zero-order valence-corrected chi connectivity index (χ0v) is 14.1. The molecule has 1 aromatic carbocycles. The van der Waals surface area contributed by atoms with Crippen molar-refractivity contribution in [2.24, 2.45) is 5.41 Å². The summed E-state index contributed by atoms with van der Waals surface area (Å²) < 4.78 is 5.81. The molecule has 3 rings (SSSR count). The van der Waals surface area contributed by atoms with Crippen molar-refractivity contribution in [3.8, 4) is 5.75 Å². The Hall–Kier alpha value is -2.34. The summed E-state index contributed by atoms with van der Waals surface area (Å²) in [5, 5.41) is 4.71. The third kappa shape index (κ3) is 2.94. The zero-order chi connectivity index (χ0) is 16.6. The second-order valence-electron chi connectivity index (χ2n) is 6.15. The summed E-state index contributed by atoms with van der Waals surface area (Å²) in [6.45, 7) is 4.01. The Morgan fingerprint density at radius 3 is 2.83 bits per heavy atom. The number of rotatable bonds is 2. The largest absolute Gasteiger partial charge is 0.490 e. The maximum absolute atomic E-state index is 12.4. The normalized spacial score (nSPS) is 16.3. The number of benzene rings is 1. The van der Waals surface area contributed by atoms with Crippen molar-refractivity contribution < 1.29 is 14.3 Å². The van der Waals surface area contributed by atoms with Crippen LogP contribution in [0.25, 0.3) is 0 Å². The Labute approximate surface area is 138 Å². The Kier molecular flexibility index (Phi) is 3.85. The number of thiophene rings is 1. The highest BCUT2D eigenvalue weighted by molar-refractivity contribution is 7.12. The lowest BCUT2D eigenvalue weighted by atomic mass is 9.93. The van der Waals surface area contributed by atoms with Crippen LogP contribution in [-0.4, -0.2) is 25.5 Å². The van der Waals surface area contributed by atoms with Crippen molar-refractivity contribution in [2.45, 2.75) is 13.8 Å². The van der Waals surface area contributed by atoms with Gasteiger partial charge in [-0.1, -0.05) is 6.07 Å². The van der Waals surface area contributed by atoms with Crippen molar-refractivity contribution >= 4 is 34.5 Å². The predicted molar refractivity (Wildman–Crippen MR) is 91.4 cm³/mol. The van der Waals surface area contributed by atoms with Gasteiger partial charge >= 0.3 is 0 Å². The molecule has 1 aromatic heterocycles. The number of hydrogen-bond acceptors (Lipinski definition) is 4. The summed E-state index contributed by atoms with van der Waals surface area (Å²) in [5.74, 6) is 0.445. The van der Waals surface area contributed by atoms with Crippen LogP contribution < -0.4 is 15.0 Å². The lowest BCUT2D eigenvalue weighted by Gasteiger charge is -2.24. The van der Waals surface area contributed by atoms with Gasteiger partial charge in [0.1, 0.15) is 12.4 Å². The molecule has 1 aliphatic rings. The highest BCUT2D eigenvalue weighted by atomic mass is 32.1. The van der Waals surface area contributed by atoms with E-state index in [2.05, 4.69) is 5.32 Å². The molecule has 2 aromatic rings. The first-order chi connectivity index (χ1) is 10.9. The predicted octanol–water partition coefficient (Wildman–Crippen LogP) is 3.38. The van der Waals surface area contributed by atoms with Gasteiger partial charge < -0.3 is 15.0 Å². The van der Waals surface area contributed by atoms with Gasteiger partial charge in [0.15, 0.2) is 0 Å². The number of nitrogens with one attached hydrogen (secondary N) is 1.